The first-order chi connectivity index (χ1) is 13.2. The van der Waals surface area contributed by atoms with Crippen LogP contribution in [-0.2, 0) is 10.9 Å². The molecule has 0 aliphatic carbocycles. The molecule has 0 amide bonds. The fourth-order valence-corrected chi connectivity index (χ4v) is 2.85. The van der Waals surface area contributed by atoms with E-state index in [-0.39, 0.29) is 11.1 Å². The van der Waals surface area contributed by atoms with E-state index in [1.54, 1.807) is 18.3 Å². The Bertz CT molecular complexity index is 1030. The highest BCUT2D eigenvalue weighted by Gasteiger charge is 2.35. The topological polar surface area (TPSA) is 39.2 Å². The van der Waals surface area contributed by atoms with Crippen molar-refractivity contribution in [3.63, 3.8) is 0 Å². The summed E-state index contributed by atoms with van der Waals surface area (Å²) >= 11 is 0. The van der Waals surface area contributed by atoms with Crippen LogP contribution in [0.25, 0.3) is 22.4 Å². The molecule has 1 heterocycles. The van der Waals surface area contributed by atoms with Gasteiger partial charge in [0.15, 0.2) is 0 Å². The van der Waals surface area contributed by atoms with Gasteiger partial charge in [0, 0.05) is 17.3 Å². The molecular weight excluding hydrogens is 374 g/mol. The fourth-order valence-electron chi connectivity index (χ4n) is 2.85. The zero-order chi connectivity index (χ0) is 20.5. The zero-order valence-corrected chi connectivity index (χ0v) is 15.0. The fraction of sp³-hybridized carbons (Fsp3) is 0.143. The quantitative estimate of drug-likeness (QED) is 0.428. The third-order valence-corrected chi connectivity index (χ3v) is 4.17. The molecule has 3 aromatic rings. The Kier molecular flexibility index (Phi) is 5.18. The Morgan fingerprint density at radius 2 is 1.75 bits per heavy atom. The maximum Gasteiger partial charge on any atom is 0.417 e. The number of halogens is 4. The highest BCUT2D eigenvalue weighted by Crippen LogP contribution is 2.39. The summed E-state index contributed by atoms with van der Waals surface area (Å²) < 4.78 is 59.4. The van der Waals surface area contributed by atoms with Crippen LogP contribution in [0.2, 0.25) is 0 Å². The Morgan fingerprint density at radius 3 is 2.36 bits per heavy atom. The van der Waals surface area contributed by atoms with Crippen molar-refractivity contribution in [2.45, 2.75) is 13.1 Å². The van der Waals surface area contributed by atoms with Crippen LogP contribution in [0, 0.1) is 12.7 Å². The van der Waals surface area contributed by atoms with Crippen molar-refractivity contribution in [2.24, 2.45) is 0 Å². The van der Waals surface area contributed by atoms with E-state index in [9.17, 15) is 22.4 Å². The number of aromatic nitrogens is 1. The molecule has 0 fully saturated rings. The lowest BCUT2D eigenvalue weighted by Crippen LogP contribution is -2.09. The highest BCUT2D eigenvalue weighted by atomic mass is 19.4. The van der Waals surface area contributed by atoms with E-state index < -0.39 is 29.1 Å². The average Bonchev–Trinajstić information content (AvgIpc) is 2.66. The Hall–Kier alpha value is -3.22. The second kappa shape index (κ2) is 7.42. The average molecular weight is 389 g/mol. The molecule has 3 nitrogen and oxygen atoms in total. The molecule has 0 spiro atoms. The number of benzene rings is 2. The summed E-state index contributed by atoms with van der Waals surface area (Å²) in [7, 11) is 1.16. The van der Waals surface area contributed by atoms with Gasteiger partial charge in [-0.05, 0) is 54.4 Å². The number of pyridine rings is 1. The summed E-state index contributed by atoms with van der Waals surface area (Å²) in [6.45, 7) is 1.84. The number of ether oxygens (including phenoxy) is 1. The summed E-state index contributed by atoms with van der Waals surface area (Å²) in [6, 6.07) is 10.2. The second-order valence-corrected chi connectivity index (χ2v) is 6.17. The van der Waals surface area contributed by atoms with E-state index >= 15 is 0 Å². The summed E-state index contributed by atoms with van der Waals surface area (Å²) in [4.78, 5) is 16.3. The zero-order valence-electron chi connectivity index (χ0n) is 15.0. The van der Waals surface area contributed by atoms with E-state index in [4.69, 9.17) is 0 Å². The van der Waals surface area contributed by atoms with Crippen LogP contribution in [0.1, 0.15) is 21.5 Å². The summed E-state index contributed by atoms with van der Waals surface area (Å²) in [5.74, 6) is -1.79. The predicted molar refractivity (Wildman–Crippen MR) is 96.1 cm³/mol. The molecule has 0 saturated carbocycles. The van der Waals surface area contributed by atoms with Gasteiger partial charge < -0.3 is 4.74 Å². The van der Waals surface area contributed by atoms with Crippen molar-refractivity contribution in [1.82, 2.24) is 4.98 Å². The number of nitrogens with zero attached hydrogens (tertiary/aromatic N) is 1. The van der Waals surface area contributed by atoms with Gasteiger partial charge in [0.05, 0.1) is 23.9 Å². The number of methoxy groups -OCH3 is 1. The number of aryl methyl sites for hydroxylation is 1. The lowest BCUT2D eigenvalue weighted by atomic mass is 9.94. The number of carbonyl (C=O) groups is 1. The van der Waals surface area contributed by atoms with Gasteiger partial charge in [-0.15, -0.1) is 0 Å². The van der Waals surface area contributed by atoms with Gasteiger partial charge in [-0.3, -0.25) is 4.98 Å². The first-order valence-corrected chi connectivity index (χ1v) is 8.23. The maximum absolute atomic E-state index is 14.4. The minimum atomic E-state index is -4.76. The first kappa shape index (κ1) is 19.5. The van der Waals surface area contributed by atoms with E-state index in [1.165, 1.54) is 18.2 Å². The maximum atomic E-state index is 14.4. The van der Waals surface area contributed by atoms with Crippen LogP contribution in [0.3, 0.4) is 0 Å². The van der Waals surface area contributed by atoms with Crippen molar-refractivity contribution in [2.75, 3.05) is 7.11 Å². The van der Waals surface area contributed by atoms with Gasteiger partial charge in [0.2, 0.25) is 0 Å². The smallest absolute Gasteiger partial charge is 0.417 e. The first-order valence-electron chi connectivity index (χ1n) is 8.23. The van der Waals surface area contributed by atoms with Crippen molar-refractivity contribution >= 4 is 5.97 Å². The minimum absolute atomic E-state index is 0.00578. The molecular formula is C21H15F4NO2. The monoisotopic (exact) mass is 389 g/mol. The van der Waals surface area contributed by atoms with Crippen molar-refractivity contribution in [3.8, 4) is 22.4 Å². The molecule has 0 unspecified atom stereocenters. The number of rotatable bonds is 3. The van der Waals surface area contributed by atoms with E-state index in [0.29, 0.717) is 11.3 Å². The Morgan fingerprint density at radius 1 is 1.04 bits per heavy atom. The van der Waals surface area contributed by atoms with E-state index in [0.717, 1.165) is 30.9 Å². The molecule has 144 valence electrons. The molecule has 0 aliphatic heterocycles. The summed E-state index contributed by atoms with van der Waals surface area (Å²) in [5, 5.41) is 0. The van der Waals surface area contributed by atoms with Gasteiger partial charge in [-0.1, -0.05) is 12.1 Å². The molecule has 3 rings (SSSR count). The second-order valence-electron chi connectivity index (χ2n) is 6.17. The molecule has 0 atom stereocenters. The lowest BCUT2D eigenvalue weighted by molar-refractivity contribution is -0.137. The van der Waals surface area contributed by atoms with Crippen LogP contribution >= 0.6 is 0 Å². The van der Waals surface area contributed by atoms with Gasteiger partial charge in [-0.2, -0.15) is 13.2 Å². The van der Waals surface area contributed by atoms with Crippen LogP contribution < -0.4 is 0 Å². The molecule has 0 saturated heterocycles. The molecule has 0 radical (unpaired) electrons. The molecule has 28 heavy (non-hydrogen) atoms. The number of alkyl halides is 3. The van der Waals surface area contributed by atoms with Crippen molar-refractivity contribution in [3.05, 3.63) is 77.2 Å². The lowest BCUT2D eigenvalue weighted by Gasteiger charge is -2.15. The van der Waals surface area contributed by atoms with Gasteiger partial charge >= 0.3 is 12.1 Å². The van der Waals surface area contributed by atoms with Crippen molar-refractivity contribution < 1.29 is 27.1 Å². The number of esters is 1. The third kappa shape index (κ3) is 3.88. The van der Waals surface area contributed by atoms with Crippen molar-refractivity contribution in [1.29, 1.82) is 0 Å². The van der Waals surface area contributed by atoms with Gasteiger partial charge in [0.1, 0.15) is 5.82 Å². The van der Waals surface area contributed by atoms with Gasteiger partial charge in [0.25, 0.3) is 0 Å². The van der Waals surface area contributed by atoms with E-state index in [1.807, 2.05) is 6.92 Å². The Balaban J connectivity index is 2.29. The highest BCUT2D eigenvalue weighted by molar-refractivity contribution is 5.93. The molecule has 7 heteroatoms. The standard InChI is InChI=1S/C21H15F4NO2/c1-12-6-7-18(26-11-12)13-8-14(10-15(9-13)20(27)28-2)19-16(21(23,24)25)4-3-5-17(19)22/h3-11H,1-2H3. The largest absolute Gasteiger partial charge is 0.465 e. The molecule has 0 N–H and O–H groups in total. The SMILES string of the molecule is COC(=O)c1cc(-c2ccc(C)cn2)cc(-c2c(F)cccc2C(F)(F)F)c1. The van der Waals surface area contributed by atoms with E-state index in [2.05, 4.69) is 9.72 Å². The number of hydrogen-bond donors (Lipinski definition) is 0. The van der Waals surface area contributed by atoms with Gasteiger partial charge in [-0.25, -0.2) is 9.18 Å². The molecule has 2 aromatic carbocycles. The third-order valence-electron chi connectivity index (χ3n) is 4.17. The van der Waals surface area contributed by atoms with Crippen LogP contribution in [0.4, 0.5) is 17.6 Å². The van der Waals surface area contributed by atoms with Crippen LogP contribution in [0.5, 0.6) is 0 Å². The number of carbonyl (C=O) groups excluding carboxylic acids is 1. The predicted octanol–water partition coefficient (Wildman–Crippen LogP) is 5.67. The molecule has 1 aromatic heterocycles. The summed E-state index contributed by atoms with van der Waals surface area (Å²) in [6.07, 6.45) is -3.18. The normalized spacial score (nSPS) is 11.4. The number of hydrogen-bond acceptors (Lipinski definition) is 3. The molecule has 0 aliphatic rings. The molecule has 0 bridgehead atoms. The minimum Gasteiger partial charge on any atom is -0.465 e. The Labute approximate surface area is 158 Å². The summed E-state index contributed by atoms with van der Waals surface area (Å²) in [5.41, 5.74) is -0.163. The van der Waals surface area contributed by atoms with Crippen LogP contribution in [-0.4, -0.2) is 18.1 Å². The van der Waals surface area contributed by atoms with Crippen LogP contribution in [0.15, 0.2) is 54.7 Å².